The van der Waals surface area contributed by atoms with Crippen LogP contribution in [0.2, 0.25) is 0 Å². The average molecular weight is 342 g/mol. The molecule has 0 unspecified atom stereocenters. The minimum absolute atomic E-state index is 0.0438. The van der Waals surface area contributed by atoms with Crippen molar-refractivity contribution in [1.82, 2.24) is 4.57 Å². The topological polar surface area (TPSA) is 43.6 Å². The molecule has 6 heteroatoms. The van der Waals surface area contributed by atoms with Gasteiger partial charge in [-0.25, -0.2) is 4.39 Å². The van der Waals surface area contributed by atoms with Gasteiger partial charge < -0.3 is 9.30 Å². The molecule has 1 amide bonds. The standard InChI is InChI=1S/C18H15FN2O2S/c1-3-10-21-15-9-8-12(23-2)11-16(15)24-18(21)20-17(22)13-6-4-5-7-14(13)19/h3-9,11H,1,10H2,2H3. The van der Waals surface area contributed by atoms with E-state index in [9.17, 15) is 9.18 Å². The van der Waals surface area contributed by atoms with E-state index >= 15 is 0 Å². The molecule has 1 heterocycles. The van der Waals surface area contributed by atoms with Crippen molar-refractivity contribution in [1.29, 1.82) is 0 Å². The molecule has 0 saturated heterocycles. The SMILES string of the molecule is C=CCn1c(=NC(=O)c2ccccc2F)sc2cc(OC)ccc21. The van der Waals surface area contributed by atoms with Crippen molar-refractivity contribution in [3.05, 3.63) is 71.3 Å². The zero-order valence-electron chi connectivity index (χ0n) is 13.0. The van der Waals surface area contributed by atoms with Gasteiger partial charge in [-0.3, -0.25) is 4.79 Å². The quantitative estimate of drug-likeness (QED) is 0.677. The lowest BCUT2D eigenvalue weighted by molar-refractivity contribution is 0.0994. The minimum atomic E-state index is -0.607. The molecule has 0 spiro atoms. The van der Waals surface area contributed by atoms with Crippen LogP contribution in [0.15, 0.2) is 60.1 Å². The van der Waals surface area contributed by atoms with Crippen molar-refractivity contribution in [2.75, 3.05) is 7.11 Å². The monoisotopic (exact) mass is 342 g/mol. The summed E-state index contributed by atoms with van der Waals surface area (Å²) in [6.07, 6.45) is 1.73. The van der Waals surface area contributed by atoms with Crippen molar-refractivity contribution in [2.24, 2.45) is 4.99 Å². The molecule has 3 rings (SSSR count). The van der Waals surface area contributed by atoms with Crippen LogP contribution in [0.25, 0.3) is 10.2 Å². The lowest BCUT2D eigenvalue weighted by Gasteiger charge is -2.02. The second-order valence-electron chi connectivity index (χ2n) is 5.01. The number of ether oxygens (including phenoxy) is 1. The fraction of sp³-hybridized carbons (Fsp3) is 0.111. The molecule has 0 aliphatic carbocycles. The van der Waals surface area contributed by atoms with Gasteiger partial charge in [-0.05, 0) is 30.3 Å². The molecule has 0 atom stereocenters. The molecule has 1 aromatic heterocycles. The molecule has 0 fully saturated rings. The van der Waals surface area contributed by atoms with E-state index in [1.54, 1.807) is 19.3 Å². The van der Waals surface area contributed by atoms with Crippen molar-refractivity contribution in [3.63, 3.8) is 0 Å². The van der Waals surface area contributed by atoms with Crippen LogP contribution >= 0.6 is 11.3 Å². The van der Waals surface area contributed by atoms with Crippen LogP contribution in [0.4, 0.5) is 4.39 Å². The molecule has 0 aliphatic rings. The van der Waals surface area contributed by atoms with Crippen LogP contribution in [0.1, 0.15) is 10.4 Å². The van der Waals surface area contributed by atoms with Gasteiger partial charge in [0.2, 0.25) is 0 Å². The van der Waals surface area contributed by atoms with E-state index in [4.69, 9.17) is 4.74 Å². The molecule has 2 aromatic carbocycles. The molecule has 0 N–H and O–H groups in total. The number of aromatic nitrogens is 1. The van der Waals surface area contributed by atoms with Gasteiger partial charge in [-0.15, -0.1) is 6.58 Å². The van der Waals surface area contributed by atoms with Gasteiger partial charge in [0.05, 0.1) is 22.9 Å². The summed E-state index contributed by atoms with van der Waals surface area (Å²) in [5.74, 6) is -0.463. The summed E-state index contributed by atoms with van der Waals surface area (Å²) >= 11 is 1.35. The summed E-state index contributed by atoms with van der Waals surface area (Å²) in [6.45, 7) is 4.24. The van der Waals surface area contributed by atoms with Crippen molar-refractivity contribution in [3.8, 4) is 5.75 Å². The Morgan fingerprint density at radius 2 is 2.17 bits per heavy atom. The van der Waals surface area contributed by atoms with Crippen LogP contribution in [0, 0.1) is 5.82 Å². The molecule has 0 aliphatic heterocycles. The van der Waals surface area contributed by atoms with Crippen LogP contribution in [-0.2, 0) is 6.54 Å². The number of nitrogens with zero attached hydrogens (tertiary/aromatic N) is 2. The molecule has 0 radical (unpaired) electrons. The first-order valence-electron chi connectivity index (χ1n) is 7.26. The third-order valence-electron chi connectivity index (χ3n) is 3.50. The summed E-state index contributed by atoms with van der Waals surface area (Å²) < 4.78 is 21.8. The zero-order chi connectivity index (χ0) is 17.1. The van der Waals surface area contributed by atoms with Gasteiger partial charge >= 0.3 is 0 Å². The molecule has 3 aromatic rings. The van der Waals surface area contributed by atoms with E-state index in [1.165, 1.54) is 29.5 Å². The number of carbonyl (C=O) groups is 1. The molecule has 0 bridgehead atoms. The Hall–Kier alpha value is -2.73. The highest BCUT2D eigenvalue weighted by Gasteiger charge is 2.12. The Kier molecular flexibility index (Phi) is 4.57. The number of rotatable bonds is 4. The maximum atomic E-state index is 13.8. The number of methoxy groups -OCH3 is 1. The Morgan fingerprint density at radius 3 is 2.88 bits per heavy atom. The van der Waals surface area contributed by atoms with E-state index in [0.717, 1.165) is 16.0 Å². The third-order valence-corrected chi connectivity index (χ3v) is 4.54. The predicted octanol–water partition coefficient (Wildman–Crippen LogP) is 3.78. The Balaban J connectivity index is 2.17. The number of allylic oxidation sites excluding steroid dienone is 1. The lowest BCUT2D eigenvalue weighted by Crippen LogP contribution is -2.16. The third kappa shape index (κ3) is 3.00. The van der Waals surface area contributed by atoms with Crippen LogP contribution < -0.4 is 9.54 Å². The molecule has 4 nitrogen and oxygen atoms in total. The molecular formula is C18H15FN2O2S. The van der Waals surface area contributed by atoms with Gasteiger partial charge in [0, 0.05) is 6.54 Å². The Morgan fingerprint density at radius 1 is 1.38 bits per heavy atom. The van der Waals surface area contributed by atoms with Crippen molar-refractivity contribution in [2.45, 2.75) is 6.54 Å². The highest BCUT2D eigenvalue weighted by atomic mass is 32.1. The number of halogens is 1. The zero-order valence-corrected chi connectivity index (χ0v) is 13.8. The minimum Gasteiger partial charge on any atom is -0.497 e. The molecule has 122 valence electrons. The number of hydrogen-bond donors (Lipinski definition) is 0. The second kappa shape index (κ2) is 6.80. The van der Waals surface area contributed by atoms with Gasteiger partial charge in [-0.2, -0.15) is 4.99 Å². The smallest absolute Gasteiger partial charge is 0.282 e. The van der Waals surface area contributed by atoms with E-state index in [-0.39, 0.29) is 5.56 Å². The summed E-state index contributed by atoms with van der Waals surface area (Å²) in [4.78, 5) is 16.9. The van der Waals surface area contributed by atoms with Crippen LogP contribution in [-0.4, -0.2) is 17.6 Å². The summed E-state index contributed by atoms with van der Waals surface area (Å²) in [5.41, 5.74) is 0.874. The van der Waals surface area contributed by atoms with Crippen molar-refractivity contribution < 1.29 is 13.9 Å². The first kappa shape index (κ1) is 16.1. The highest BCUT2D eigenvalue weighted by molar-refractivity contribution is 7.16. The van der Waals surface area contributed by atoms with Crippen molar-refractivity contribution >= 4 is 27.5 Å². The van der Waals surface area contributed by atoms with Gasteiger partial charge in [0.15, 0.2) is 4.80 Å². The van der Waals surface area contributed by atoms with Gasteiger partial charge in [0.25, 0.3) is 5.91 Å². The maximum Gasteiger partial charge on any atom is 0.282 e. The first-order chi connectivity index (χ1) is 11.6. The number of carbonyl (C=O) groups excluding carboxylic acids is 1. The van der Waals surface area contributed by atoms with E-state index < -0.39 is 11.7 Å². The largest absolute Gasteiger partial charge is 0.497 e. The fourth-order valence-electron chi connectivity index (χ4n) is 2.35. The number of benzene rings is 2. The van der Waals surface area contributed by atoms with Gasteiger partial charge in [-0.1, -0.05) is 29.5 Å². The van der Waals surface area contributed by atoms with Crippen LogP contribution in [0.5, 0.6) is 5.75 Å². The molecule has 0 saturated carbocycles. The predicted molar refractivity (Wildman–Crippen MR) is 92.9 cm³/mol. The average Bonchev–Trinajstić information content (AvgIpc) is 2.92. The Labute approximate surface area is 142 Å². The number of fused-ring (bicyclic) bond motifs is 1. The van der Waals surface area contributed by atoms with Gasteiger partial charge in [0.1, 0.15) is 11.6 Å². The fourth-order valence-corrected chi connectivity index (χ4v) is 3.42. The Bertz CT molecular complexity index is 988. The van der Waals surface area contributed by atoms with Crippen LogP contribution in [0.3, 0.4) is 0 Å². The molecular weight excluding hydrogens is 327 g/mol. The summed E-state index contributed by atoms with van der Waals surface area (Å²) in [7, 11) is 1.60. The molecule has 24 heavy (non-hydrogen) atoms. The first-order valence-corrected chi connectivity index (χ1v) is 8.07. The van der Waals surface area contributed by atoms with E-state index in [2.05, 4.69) is 11.6 Å². The highest BCUT2D eigenvalue weighted by Crippen LogP contribution is 2.23. The number of hydrogen-bond acceptors (Lipinski definition) is 3. The number of amides is 1. The summed E-state index contributed by atoms with van der Waals surface area (Å²) in [6, 6.07) is 11.4. The normalized spacial score (nSPS) is 11.7. The maximum absolute atomic E-state index is 13.8. The van der Waals surface area contributed by atoms with E-state index in [0.29, 0.717) is 11.3 Å². The summed E-state index contributed by atoms with van der Waals surface area (Å²) in [5, 5.41) is 0. The lowest BCUT2D eigenvalue weighted by atomic mass is 10.2. The van der Waals surface area contributed by atoms with E-state index in [1.807, 2.05) is 22.8 Å². The second-order valence-corrected chi connectivity index (χ2v) is 6.02. The number of thiazole rings is 1.